The summed E-state index contributed by atoms with van der Waals surface area (Å²) in [4.78, 5) is 74.1. The topological polar surface area (TPSA) is 256 Å². The quantitative estimate of drug-likeness (QED) is 0.0369. The van der Waals surface area contributed by atoms with Gasteiger partial charge in [-0.3, -0.25) is 24.1 Å². The molecule has 6 N–H and O–H groups in total. The highest BCUT2D eigenvalue weighted by atomic mass is 32.2. The number of thiazole rings is 1. The van der Waals surface area contributed by atoms with E-state index in [1.54, 1.807) is 24.3 Å². The summed E-state index contributed by atoms with van der Waals surface area (Å²) in [5.41, 5.74) is -0.181. The summed E-state index contributed by atoms with van der Waals surface area (Å²) in [6, 6.07) is 11.4. The van der Waals surface area contributed by atoms with Gasteiger partial charge < -0.3 is 35.6 Å². The number of nitrogens with one attached hydrogen (secondary N) is 4. The number of benzene rings is 2. The van der Waals surface area contributed by atoms with Crippen LogP contribution in [-0.2, 0) is 29.2 Å². The Bertz CT molecular complexity index is 2510. The number of hydrogen-bond donors (Lipinski definition) is 6. The number of aromatic nitrogens is 2. The van der Waals surface area contributed by atoms with Crippen LogP contribution in [-0.4, -0.2) is 101 Å². The van der Waals surface area contributed by atoms with E-state index in [1.165, 1.54) is 48.8 Å². The number of pyridine rings is 1. The molecule has 0 radical (unpaired) electrons. The summed E-state index contributed by atoms with van der Waals surface area (Å²) < 4.78 is 41.5. The largest absolute Gasteiger partial charge is 0.497 e. The van der Waals surface area contributed by atoms with E-state index in [0.29, 0.717) is 51.8 Å². The van der Waals surface area contributed by atoms with Crippen LogP contribution in [0.15, 0.2) is 71.5 Å². The molecule has 2 aliphatic rings. The predicted octanol–water partition coefficient (Wildman–Crippen LogP) is 6.40. The second-order valence-electron chi connectivity index (χ2n) is 16.2. The first-order valence-electron chi connectivity index (χ1n) is 21.0. The van der Waals surface area contributed by atoms with Gasteiger partial charge >= 0.3 is 12.1 Å². The molecule has 4 atom stereocenters. The van der Waals surface area contributed by atoms with E-state index in [1.807, 2.05) is 19.2 Å². The molecule has 1 saturated carbocycles. The number of unbranched alkanes of at least 4 members (excludes halogenated alkanes) is 5. The van der Waals surface area contributed by atoms with Gasteiger partial charge in [0, 0.05) is 54.1 Å². The van der Waals surface area contributed by atoms with Crippen LogP contribution in [0.25, 0.3) is 22.3 Å². The number of carboxylic acids is 1. The Morgan fingerprint density at radius 1 is 0.984 bits per heavy atom. The van der Waals surface area contributed by atoms with Crippen LogP contribution in [0.5, 0.6) is 11.5 Å². The average molecular weight is 920 g/mol. The van der Waals surface area contributed by atoms with E-state index in [2.05, 4.69) is 32.2 Å². The number of likely N-dealkylation sites (tertiary alicyclic amines) is 1. The summed E-state index contributed by atoms with van der Waals surface area (Å²) in [7, 11) is -3.08. The second kappa shape index (κ2) is 20.5. The Labute approximate surface area is 374 Å². The number of para-hydroxylation sites is 1. The molecule has 4 aromatic rings. The Kier molecular flexibility index (Phi) is 15.1. The molecule has 2 aromatic heterocycles. The molecular weight excluding hydrogens is 867 g/mol. The first kappa shape index (κ1) is 47.2. The fourth-order valence-corrected chi connectivity index (χ4v) is 9.70. The molecule has 0 unspecified atom stereocenters. The minimum absolute atomic E-state index is 0.00151. The molecule has 64 heavy (non-hydrogen) atoms. The summed E-state index contributed by atoms with van der Waals surface area (Å²) >= 11 is 1.42. The standard InChI is InChI=1S/C44H53N7O11S2/c1-5-27-23-44(27,41(56)50-64(59,60)37-15-13-12-14-31(37)47-38(52)16-10-8-6-7-9-11-17-39(53)54)49-40(55)35-21-29(24-51(35)43(57)58)62-36-22-33(34-25-63-42(48-34)45-26(2)3)46-32-20-28(61-4)18-19-30(32)36/h5,12-15,18-20,22,25-27,29,35H,1,6-11,16-17,21,23-24H2,2-4H3,(H,45,48)(H,47,52)(H,49,55)(H,50,56)(H,53,54)(H,57,58)/t27-,29-,35+,44-/m1/s1. The monoisotopic (exact) mass is 919 g/mol. The number of fused-ring (bicyclic) bond motifs is 1. The van der Waals surface area contributed by atoms with Gasteiger partial charge in [0.25, 0.3) is 15.9 Å². The average Bonchev–Trinajstić information content (AvgIpc) is 3.51. The molecule has 1 aliphatic carbocycles. The number of rotatable bonds is 22. The van der Waals surface area contributed by atoms with Crippen molar-refractivity contribution in [2.75, 3.05) is 24.3 Å². The van der Waals surface area contributed by atoms with Gasteiger partial charge in [-0.15, -0.1) is 17.9 Å². The van der Waals surface area contributed by atoms with Gasteiger partial charge in [0.1, 0.15) is 39.8 Å². The van der Waals surface area contributed by atoms with Crippen LogP contribution in [0.1, 0.15) is 78.1 Å². The lowest BCUT2D eigenvalue weighted by atomic mass is 10.1. The van der Waals surface area contributed by atoms with Gasteiger partial charge in [0.05, 0.1) is 30.6 Å². The smallest absolute Gasteiger partial charge is 0.408 e. The van der Waals surface area contributed by atoms with Gasteiger partial charge in [-0.2, -0.15) is 0 Å². The molecule has 18 nitrogen and oxygen atoms in total. The molecule has 342 valence electrons. The number of carbonyl (C=O) groups is 5. The van der Waals surface area contributed by atoms with E-state index in [-0.39, 0.29) is 48.9 Å². The van der Waals surface area contributed by atoms with Gasteiger partial charge in [-0.1, -0.05) is 43.9 Å². The summed E-state index contributed by atoms with van der Waals surface area (Å²) in [5, 5.41) is 30.7. The van der Waals surface area contributed by atoms with Crippen molar-refractivity contribution in [2.24, 2.45) is 5.92 Å². The lowest BCUT2D eigenvalue weighted by Gasteiger charge is -2.24. The van der Waals surface area contributed by atoms with Gasteiger partial charge in [-0.25, -0.2) is 27.9 Å². The highest BCUT2D eigenvalue weighted by molar-refractivity contribution is 7.90. The highest BCUT2D eigenvalue weighted by Crippen LogP contribution is 2.45. The van der Waals surface area contributed by atoms with Crippen molar-refractivity contribution in [3.8, 4) is 22.9 Å². The zero-order valence-corrected chi connectivity index (χ0v) is 37.4. The molecule has 2 fully saturated rings. The number of sulfonamides is 1. The van der Waals surface area contributed by atoms with Gasteiger partial charge in [-0.05, 0) is 57.4 Å². The Morgan fingerprint density at radius 3 is 2.38 bits per heavy atom. The molecule has 6 rings (SSSR count). The minimum atomic E-state index is -4.61. The zero-order chi connectivity index (χ0) is 46.2. The van der Waals surface area contributed by atoms with Crippen molar-refractivity contribution < 1.29 is 52.1 Å². The van der Waals surface area contributed by atoms with Crippen LogP contribution < -0.4 is 30.1 Å². The predicted molar refractivity (Wildman–Crippen MR) is 240 cm³/mol. The molecular formula is C44H53N7O11S2. The number of ether oxygens (including phenoxy) is 2. The SMILES string of the molecule is C=C[C@@H]1C[C@]1(NC(=O)[C@@H]1C[C@@H](Oc2cc(-c3csc(NC(C)C)n3)nc3cc(OC)ccc23)CN1C(=O)O)C(=O)NS(=O)(=O)c1ccccc1NC(=O)CCCCCCCCC(=O)O. The first-order chi connectivity index (χ1) is 30.5. The van der Waals surface area contributed by atoms with Crippen LogP contribution in [0.4, 0.5) is 15.6 Å². The molecule has 2 aromatic carbocycles. The Morgan fingerprint density at radius 2 is 1.70 bits per heavy atom. The second-order valence-corrected chi connectivity index (χ2v) is 18.7. The molecule has 20 heteroatoms. The molecule has 3 heterocycles. The van der Waals surface area contributed by atoms with Crippen molar-refractivity contribution >= 4 is 72.9 Å². The molecule has 1 aliphatic heterocycles. The van der Waals surface area contributed by atoms with Crippen molar-refractivity contribution in [3.05, 3.63) is 66.6 Å². The Hall–Kier alpha value is -6.28. The Balaban J connectivity index is 1.13. The van der Waals surface area contributed by atoms with Crippen LogP contribution in [0.2, 0.25) is 0 Å². The number of carbonyl (C=O) groups excluding carboxylic acids is 3. The fourth-order valence-electron chi connectivity index (χ4n) is 7.65. The van der Waals surface area contributed by atoms with Crippen molar-refractivity contribution in [2.45, 2.75) is 107 Å². The summed E-state index contributed by atoms with van der Waals surface area (Å²) in [6.45, 7) is 7.55. The normalized spacial score (nSPS) is 19.2. The van der Waals surface area contributed by atoms with Gasteiger partial charge in [0.2, 0.25) is 11.8 Å². The third-order valence-corrected chi connectivity index (χ3v) is 13.2. The van der Waals surface area contributed by atoms with E-state index >= 15 is 0 Å². The van der Waals surface area contributed by atoms with E-state index in [0.717, 1.165) is 30.6 Å². The van der Waals surface area contributed by atoms with Crippen molar-refractivity contribution in [1.82, 2.24) is 24.9 Å². The lowest BCUT2D eigenvalue weighted by Crippen LogP contribution is -2.56. The van der Waals surface area contributed by atoms with Crippen molar-refractivity contribution in [1.29, 1.82) is 0 Å². The van der Waals surface area contributed by atoms with Crippen LogP contribution in [0.3, 0.4) is 0 Å². The number of carboxylic acid groups (broad SMARTS) is 2. The van der Waals surface area contributed by atoms with E-state index < -0.39 is 63.4 Å². The number of methoxy groups -OCH3 is 1. The number of hydrogen-bond acceptors (Lipinski definition) is 13. The maximum atomic E-state index is 14.0. The third kappa shape index (κ3) is 11.4. The minimum Gasteiger partial charge on any atom is -0.497 e. The highest BCUT2D eigenvalue weighted by Gasteiger charge is 2.61. The maximum Gasteiger partial charge on any atom is 0.408 e. The molecule has 1 saturated heterocycles. The lowest BCUT2D eigenvalue weighted by molar-refractivity contribution is -0.137. The number of nitrogens with zero attached hydrogens (tertiary/aromatic N) is 3. The number of anilines is 2. The molecule has 0 spiro atoms. The molecule has 4 amide bonds. The summed E-state index contributed by atoms with van der Waals surface area (Å²) in [5.74, 6) is -2.88. The summed E-state index contributed by atoms with van der Waals surface area (Å²) in [6.07, 6.45) is 3.65. The number of aliphatic carboxylic acids is 1. The number of amides is 4. The van der Waals surface area contributed by atoms with Crippen LogP contribution >= 0.6 is 11.3 Å². The fraction of sp³-hybridized carbons (Fsp3) is 0.432. The van der Waals surface area contributed by atoms with Crippen molar-refractivity contribution in [3.63, 3.8) is 0 Å². The first-order valence-corrected chi connectivity index (χ1v) is 23.4. The van der Waals surface area contributed by atoms with Gasteiger partial charge in [0.15, 0.2) is 5.13 Å². The maximum absolute atomic E-state index is 14.0. The van der Waals surface area contributed by atoms with Crippen LogP contribution in [0, 0.1) is 5.92 Å². The third-order valence-electron chi connectivity index (χ3n) is 11.0. The van der Waals surface area contributed by atoms with E-state index in [4.69, 9.17) is 19.6 Å². The zero-order valence-electron chi connectivity index (χ0n) is 35.8. The van der Waals surface area contributed by atoms with E-state index in [9.17, 15) is 37.5 Å². The molecule has 0 bridgehead atoms.